The average molecular weight is 333 g/mol. The maximum Gasteiger partial charge on any atom is 0.261 e. The minimum absolute atomic E-state index is 0.278. The molecule has 126 valence electrons. The smallest absolute Gasteiger partial charge is 0.261 e. The fourth-order valence-electron chi connectivity index (χ4n) is 2.46. The van der Waals surface area contributed by atoms with Crippen LogP contribution in [-0.4, -0.2) is 54.0 Å². The summed E-state index contributed by atoms with van der Waals surface area (Å²) in [5.74, 6) is -2.13. The summed E-state index contributed by atoms with van der Waals surface area (Å²) in [4.78, 5) is 24.7. The molecule has 0 radical (unpaired) electrons. The number of aromatic nitrogens is 2. The van der Waals surface area contributed by atoms with Crippen molar-refractivity contribution in [3.05, 3.63) is 47.8 Å². The lowest BCUT2D eigenvalue weighted by molar-refractivity contribution is 0.101. The third-order valence-corrected chi connectivity index (χ3v) is 3.87. The van der Waals surface area contributed by atoms with E-state index < -0.39 is 23.1 Å². The molecule has 1 saturated heterocycles. The third-order valence-electron chi connectivity index (χ3n) is 3.87. The van der Waals surface area contributed by atoms with Crippen molar-refractivity contribution in [1.82, 2.24) is 14.9 Å². The molecule has 2 aromatic rings. The highest BCUT2D eigenvalue weighted by molar-refractivity contribution is 6.04. The Bertz CT molecular complexity index is 709. The van der Waals surface area contributed by atoms with Crippen molar-refractivity contribution >= 4 is 17.5 Å². The Morgan fingerprint density at radius 1 is 1.08 bits per heavy atom. The second-order valence-corrected chi connectivity index (χ2v) is 5.61. The van der Waals surface area contributed by atoms with Gasteiger partial charge in [0.25, 0.3) is 5.91 Å². The minimum Gasteiger partial charge on any atom is -0.338 e. The maximum absolute atomic E-state index is 13.6. The molecule has 1 aliphatic heterocycles. The fraction of sp³-hybridized carbons (Fsp3) is 0.312. The minimum atomic E-state index is -0.914. The zero-order chi connectivity index (χ0) is 17.1. The largest absolute Gasteiger partial charge is 0.338 e. The molecule has 1 amide bonds. The summed E-state index contributed by atoms with van der Waals surface area (Å²) in [7, 11) is 2.05. The van der Waals surface area contributed by atoms with Gasteiger partial charge < -0.3 is 15.1 Å². The Morgan fingerprint density at radius 2 is 1.67 bits per heavy atom. The van der Waals surface area contributed by atoms with E-state index in [1.807, 2.05) is 4.90 Å². The van der Waals surface area contributed by atoms with Crippen LogP contribution in [0.2, 0.25) is 0 Å². The first-order valence-corrected chi connectivity index (χ1v) is 7.55. The van der Waals surface area contributed by atoms with E-state index in [0.717, 1.165) is 38.3 Å². The number of rotatable bonds is 3. The van der Waals surface area contributed by atoms with Gasteiger partial charge in [0, 0.05) is 26.2 Å². The van der Waals surface area contributed by atoms with Gasteiger partial charge in [-0.2, -0.15) is 0 Å². The van der Waals surface area contributed by atoms with Gasteiger partial charge in [-0.1, -0.05) is 6.07 Å². The normalized spacial score (nSPS) is 15.4. The number of carbonyl (C=O) groups excluding carboxylic acids is 1. The first kappa shape index (κ1) is 16.3. The Balaban J connectivity index is 1.69. The van der Waals surface area contributed by atoms with Crippen molar-refractivity contribution in [2.75, 3.05) is 43.4 Å². The summed E-state index contributed by atoms with van der Waals surface area (Å²) in [6.07, 6.45) is 2.86. The van der Waals surface area contributed by atoms with Gasteiger partial charge in [0.05, 0.1) is 18.1 Å². The van der Waals surface area contributed by atoms with Crippen molar-refractivity contribution in [1.29, 1.82) is 0 Å². The predicted molar refractivity (Wildman–Crippen MR) is 86.1 cm³/mol. The predicted octanol–water partition coefficient (Wildman–Crippen LogP) is 1.76. The molecule has 1 fully saturated rings. The number of benzene rings is 1. The van der Waals surface area contributed by atoms with Crippen molar-refractivity contribution in [3.63, 3.8) is 0 Å². The van der Waals surface area contributed by atoms with Gasteiger partial charge in [0.1, 0.15) is 17.2 Å². The van der Waals surface area contributed by atoms with E-state index in [2.05, 4.69) is 27.2 Å². The van der Waals surface area contributed by atoms with E-state index in [9.17, 15) is 13.6 Å². The number of nitrogens with one attached hydrogen (secondary N) is 1. The van der Waals surface area contributed by atoms with E-state index >= 15 is 0 Å². The van der Waals surface area contributed by atoms with Crippen molar-refractivity contribution in [3.8, 4) is 0 Å². The highest BCUT2D eigenvalue weighted by atomic mass is 19.1. The quantitative estimate of drug-likeness (QED) is 0.927. The van der Waals surface area contributed by atoms with E-state index in [4.69, 9.17) is 0 Å². The van der Waals surface area contributed by atoms with Crippen LogP contribution < -0.4 is 10.2 Å². The van der Waals surface area contributed by atoms with Crippen LogP contribution in [0.15, 0.2) is 30.6 Å². The number of hydrogen-bond donors (Lipinski definition) is 1. The lowest BCUT2D eigenvalue weighted by Crippen LogP contribution is -2.45. The number of halogens is 2. The molecule has 1 N–H and O–H groups in total. The van der Waals surface area contributed by atoms with Gasteiger partial charge in [-0.25, -0.2) is 18.7 Å². The highest BCUT2D eigenvalue weighted by Crippen LogP contribution is 2.16. The summed E-state index contributed by atoms with van der Waals surface area (Å²) in [6.45, 7) is 3.49. The molecule has 0 saturated carbocycles. The SMILES string of the molecule is CN1CCN(c2ncc(NC(=O)c3c(F)cccc3F)cn2)CC1. The fourth-order valence-corrected chi connectivity index (χ4v) is 2.46. The molecule has 1 aliphatic rings. The molecule has 0 aliphatic carbocycles. The van der Waals surface area contributed by atoms with Crippen LogP contribution in [-0.2, 0) is 0 Å². The zero-order valence-corrected chi connectivity index (χ0v) is 13.2. The van der Waals surface area contributed by atoms with E-state index in [1.54, 1.807) is 0 Å². The van der Waals surface area contributed by atoms with Gasteiger partial charge in [-0.05, 0) is 19.2 Å². The number of hydrogen-bond acceptors (Lipinski definition) is 5. The number of amides is 1. The number of likely N-dealkylation sites (N-methyl/N-ethyl adjacent to an activating group) is 1. The number of anilines is 2. The summed E-state index contributed by atoms with van der Waals surface area (Å²) < 4.78 is 27.2. The molecule has 2 heterocycles. The third kappa shape index (κ3) is 3.48. The molecule has 24 heavy (non-hydrogen) atoms. The first-order chi connectivity index (χ1) is 11.5. The molecule has 0 atom stereocenters. The van der Waals surface area contributed by atoms with Crippen LogP contribution in [0, 0.1) is 11.6 Å². The summed E-state index contributed by atoms with van der Waals surface area (Å²) in [5.41, 5.74) is -0.346. The van der Waals surface area contributed by atoms with Gasteiger partial charge >= 0.3 is 0 Å². The summed E-state index contributed by atoms with van der Waals surface area (Å²) in [5, 5.41) is 2.41. The maximum atomic E-state index is 13.6. The van der Waals surface area contributed by atoms with Crippen LogP contribution in [0.5, 0.6) is 0 Å². The molecular weight excluding hydrogens is 316 g/mol. The Morgan fingerprint density at radius 3 is 2.25 bits per heavy atom. The topological polar surface area (TPSA) is 61.4 Å². The monoisotopic (exact) mass is 333 g/mol. The highest BCUT2D eigenvalue weighted by Gasteiger charge is 2.19. The number of carbonyl (C=O) groups is 1. The summed E-state index contributed by atoms with van der Waals surface area (Å²) in [6, 6.07) is 3.27. The lowest BCUT2D eigenvalue weighted by atomic mass is 10.2. The lowest BCUT2D eigenvalue weighted by Gasteiger charge is -2.32. The van der Waals surface area contributed by atoms with Crippen LogP contribution in [0.1, 0.15) is 10.4 Å². The van der Waals surface area contributed by atoms with Crippen molar-refractivity contribution < 1.29 is 13.6 Å². The van der Waals surface area contributed by atoms with E-state index in [-0.39, 0.29) is 5.69 Å². The molecule has 0 spiro atoms. The molecule has 6 nitrogen and oxygen atoms in total. The Hall–Kier alpha value is -2.61. The molecule has 8 heteroatoms. The van der Waals surface area contributed by atoms with Gasteiger partial charge in [0.15, 0.2) is 0 Å². The average Bonchev–Trinajstić information content (AvgIpc) is 2.56. The van der Waals surface area contributed by atoms with E-state index in [0.29, 0.717) is 5.95 Å². The van der Waals surface area contributed by atoms with Crippen LogP contribution in [0.4, 0.5) is 20.4 Å². The molecule has 1 aromatic heterocycles. The Labute approximate surface area is 138 Å². The van der Waals surface area contributed by atoms with Crippen LogP contribution >= 0.6 is 0 Å². The van der Waals surface area contributed by atoms with Gasteiger partial charge in [-0.3, -0.25) is 4.79 Å². The Kier molecular flexibility index (Phi) is 4.66. The molecular formula is C16H17F2N5O. The van der Waals surface area contributed by atoms with E-state index in [1.165, 1.54) is 18.5 Å². The summed E-state index contributed by atoms with van der Waals surface area (Å²) >= 11 is 0. The molecule has 3 rings (SSSR count). The number of piperazine rings is 1. The standard InChI is InChI=1S/C16H17F2N5O/c1-22-5-7-23(8-6-22)16-19-9-11(10-20-16)21-15(24)14-12(17)3-2-4-13(14)18/h2-4,9-10H,5-8H2,1H3,(H,21,24). The van der Waals surface area contributed by atoms with Crippen molar-refractivity contribution in [2.24, 2.45) is 0 Å². The first-order valence-electron chi connectivity index (χ1n) is 7.55. The molecule has 0 unspecified atom stereocenters. The second kappa shape index (κ2) is 6.88. The molecule has 1 aromatic carbocycles. The zero-order valence-electron chi connectivity index (χ0n) is 13.2. The molecule has 0 bridgehead atoms. The second-order valence-electron chi connectivity index (χ2n) is 5.61. The van der Waals surface area contributed by atoms with Crippen LogP contribution in [0.3, 0.4) is 0 Å². The van der Waals surface area contributed by atoms with Crippen molar-refractivity contribution in [2.45, 2.75) is 0 Å². The van der Waals surface area contributed by atoms with Crippen LogP contribution in [0.25, 0.3) is 0 Å². The number of nitrogens with zero attached hydrogens (tertiary/aromatic N) is 4. The van der Waals surface area contributed by atoms with Gasteiger partial charge in [0.2, 0.25) is 5.95 Å². The van der Waals surface area contributed by atoms with Gasteiger partial charge in [-0.15, -0.1) is 0 Å².